The number of hydrogen-bond acceptors (Lipinski definition) is 4. The van der Waals surface area contributed by atoms with Gasteiger partial charge in [0, 0.05) is 72.1 Å². The summed E-state index contributed by atoms with van der Waals surface area (Å²) in [7, 11) is 0. The fraction of sp³-hybridized carbons (Fsp3) is 0.0156. The van der Waals surface area contributed by atoms with Crippen molar-refractivity contribution >= 4 is 67.4 Å². The summed E-state index contributed by atoms with van der Waals surface area (Å²) in [6.07, 6.45) is 5.04. The van der Waals surface area contributed by atoms with Crippen molar-refractivity contribution < 1.29 is 0 Å². The molecule has 70 heavy (non-hydrogen) atoms. The van der Waals surface area contributed by atoms with Crippen molar-refractivity contribution in [3.8, 4) is 68.5 Å². The van der Waals surface area contributed by atoms with E-state index in [0.29, 0.717) is 23.9 Å². The molecule has 1 aliphatic rings. The lowest BCUT2D eigenvalue weighted by Gasteiger charge is -2.14. The Labute approximate surface area is 410 Å². The van der Waals surface area contributed by atoms with Gasteiger partial charge in [0.1, 0.15) is 0 Å². The van der Waals surface area contributed by atoms with E-state index in [0.717, 1.165) is 71.8 Å². The lowest BCUT2D eigenvalue weighted by atomic mass is 9.95. The molecular formula is C64H41N5S. The third-order valence-electron chi connectivity index (χ3n) is 13.3. The molecule has 0 fully saturated rings. The lowest BCUT2D eigenvalue weighted by molar-refractivity contribution is 1.07. The molecule has 1 aliphatic carbocycles. The summed E-state index contributed by atoms with van der Waals surface area (Å²) in [6.45, 7) is 0. The van der Waals surface area contributed by atoms with Crippen molar-refractivity contribution in [2.45, 2.75) is 11.3 Å². The fourth-order valence-corrected chi connectivity index (χ4v) is 10.4. The highest BCUT2D eigenvalue weighted by atomic mass is 32.1. The predicted octanol–water partition coefficient (Wildman–Crippen LogP) is 15.9. The molecule has 0 aliphatic heterocycles. The van der Waals surface area contributed by atoms with Gasteiger partial charge in [-0.05, 0) is 101 Å². The van der Waals surface area contributed by atoms with E-state index in [2.05, 4.69) is 179 Å². The number of thiol groups is 1. The van der Waals surface area contributed by atoms with Gasteiger partial charge in [-0.1, -0.05) is 164 Å². The number of para-hydroxylation sites is 3. The Kier molecular flexibility index (Phi) is 10.2. The minimum Gasteiger partial charge on any atom is -0.309 e. The van der Waals surface area contributed by atoms with Crippen molar-refractivity contribution in [2.24, 2.45) is 0 Å². The second kappa shape index (κ2) is 17.2. The molecule has 13 rings (SSSR count). The fourth-order valence-electron chi connectivity index (χ4n) is 10.1. The molecule has 0 atom stereocenters. The Morgan fingerprint density at radius 2 is 0.871 bits per heavy atom. The minimum absolute atomic E-state index is 0.558. The van der Waals surface area contributed by atoms with E-state index in [1.165, 1.54) is 38.1 Å². The molecule has 5 nitrogen and oxygen atoms in total. The van der Waals surface area contributed by atoms with Crippen LogP contribution in [0.25, 0.3) is 111 Å². The highest BCUT2D eigenvalue weighted by Gasteiger charge is 2.21. The molecule has 0 amide bonds. The van der Waals surface area contributed by atoms with Gasteiger partial charge in [0.05, 0.1) is 22.1 Å². The van der Waals surface area contributed by atoms with E-state index >= 15 is 0 Å². The average molecular weight is 912 g/mol. The van der Waals surface area contributed by atoms with Crippen LogP contribution in [0.2, 0.25) is 0 Å². The monoisotopic (exact) mass is 911 g/mol. The van der Waals surface area contributed by atoms with Crippen molar-refractivity contribution in [3.05, 3.63) is 242 Å². The first kappa shape index (κ1) is 41.2. The first-order valence-corrected chi connectivity index (χ1v) is 23.9. The number of nitrogens with zero attached hydrogens (tertiary/aromatic N) is 5. The first-order valence-electron chi connectivity index (χ1n) is 23.5. The van der Waals surface area contributed by atoms with Gasteiger partial charge in [-0.15, -0.1) is 12.6 Å². The highest BCUT2D eigenvalue weighted by Crippen LogP contribution is 2.41. The number of allylic oxidation sites excluding steroid dienone is 4. The third-order valence-corrected chi connectivity index (χ3v) is 13.7. The van der Waals surface area contributed by atoms with Crippen LogP contribution in [0.15, 0.2) is 235 Å². The van der Waals surface area contributed by atoms with Gasteiger partial charge in [0.15, 0.2) is 17.5 Å². The molecule has 0 bridgehead atoms. The van der Waals surface area contributed by atoms with Crippen LogP contribution in [0.3, 0.4) is 0 Å². The Morgan fingerprint density at radius 3 is 1.46 bits per heavy atom. The second-order valence-electron chi connectivity index (χ2n) is 17.5. The molecule has 328 valence electrons. The van der Waals surface area contributed by atoms with Crippen molar-refractivity contribution in [3.63, 3.8) is 0 Å². The Hall–Kier alpha value is -9.02. The molecule has 0 radical (unpaired) electrons. The minimum atomic E-state index is 0.558. The van der Waals surface area contributed by atoms with Gasteiger partial charge in [-0.3, -0.25) is 0 Å². The van der Waals surface area contributed by atoms with Gasteiger partial charge in [0.2, 0.25) is 0 Å². The Morgan fingerprint density at radius 1 is 0.400 bits per heavy atom. The molecule has 9 aromatic carbocycles. The van der Waals surface area contributed by atoms with E-state index in [9.17, 15) is 0 Å². The van der Waals surface area contributed by atoms with Crippen molar-refractivity contribution in [1.82, 2.24) is 24.1 Å². The van der Waals surface area contributed by atoms with E-state index in [4.69, 9.17) is 27.6 Å². The number of rotatable bonds is 8. The van der Waals surface area contributed by atoms with Crippen LogP contribution < -0.4 is 0 Å². The van der Waals surface area contributed by atoms with E-state index in [1.807, 2.05) is 72.8 Å². The summed E-state index contributed by atoms with van der Waals surface area (Å²) in [5.41, 5.74) is 15.8. The van der Waals surface area contributed by atoms with E-state index < -0.39 is 0 Å². The Balaban J connectivity index is 0.948. The predicted molar refractivity (Wildman–Crippen MR) is 292 cm³/mol. The summed E-state index contributed by atoms with van der Waals surface area (Å²) in [5.74, 6) is 8.73. The van der Waals surface area contributed by atoms with E-state index in [1.54, 1.807) is 0 Å². The van der Waals surface area contributed by atoms with Crippen LogP contribution in [0.1, 0.15) is 17.5 Å². The van der Waals surface area contributed by atoms with Gasteiger partial charge < -0.3 is 9.13 Å². The summed E-state index contributed by atoms with van der Waals surface area (Å²) < 4.78 is 4.75. The number of benzene rings is 9. The lowest BCUT2D eigenvalue weighted by Crippen LogP contribution is -2.02. The molecule has 3 heterocycles. The molecule has 0 spiro atoms. The molecule has 0 unspecified atom stereocenters. The SMILES string of the molecule is Sc1cccc(-c2nc(-c3ccccc3)nc(-c3ccccc3)n2)c1C1=CC(c2ccc3c(c2)c2cc(-c4ccc5c(c4)c4ccccc4n5-c4ccccc4)ccc2n3-c2ccccc2)=CCC#C1. The molecule has 3 aromatic heterocycles. The third kappa shape index (κ3) is 7.20. The standard InChI is InChI=1S/C64H41N5S/c70-60-31-17-29-52(64-66-62(42-18-5-1-6-19-42)65-63(67-64)43-20-7-2-8-21-43)61(60)48-23-14-13-22-44(38-48)45-32-36-58-54(40-45)55-41-47(34-37-59(55)69(58)50-26-11-4-12-27-50)46-33-35-57-53(39-46)51-28-15-16-30-56(51)68(57)49-24-9-3-10-25-49/h1-12,15-22,24-41,70H,13H2. The van der Waals surface area contributed by atoms with Crippen LogP contribution >= 0.6 is 12.6 Å². The van der Waals surface area contributed by atoms with E-state index in [-0.39, 0.29) is 0 Å². The van der Waals surface area contributed by atoms with Crippen LogP contribution in [-0.4, -0.2) is 24.1 Å². The molecule has 0 saturated carbocycles. The maximum atomic E-state index is 5.11. The van der Waals surface area contributed by atoms with Crippen molar-refractivity contribution in [1.29, 1.82) is 0 Å². The van der Waals surface area contributed by atoms with Gasteiger partial charge in [-0.25, -0.2) is 15.0 Å². The largest absolute Gasteiger partial charge is 0.309 e. The summed E-state index contributed by atoms with van der Waals surface area (Å²) >= 11 is 5.09. The average Bonchev–Trinajstić information content (AvgIpc) is 3.81. The molecular weight excluding hydrogens is 871 g/mol. The highest BCUT2D eigenvalue weighted by molar-refractivity contribution is 7.80. The molecule has 6 heteroatoms. The Bertz CT molecular complexity index is 4080. The molecule has 0 N–H and O–H groups in total. The zero-order valence-electron chi connectivity index (χ0n) is 37.8. The van der Waals surface area contributed by atoms with Gasteiger partial charge >= 0.3 is 0 Å². The molecule has 0 saturated heterocycles. The quantitative estimate of drug-likeness (QED) is 0.122. The zero-order chi connectivity index (χ0) is 46.5. The van der Waals surface area contributed by atoms with Crippen LogP contribution in [0, 0.1) is 11.8 Å². The van der Waals surface area contributed by atoms with Crippen molar-refractivity contribution in [2.75, 3.05) is 0 Å². The maximum absolute atomic E-state index is 5.11. The van der Waals surface area contributed by atoms with Crippen LogP contribution in [0.4, 0.5) is 0 Å². The normalized spacial score (nSPS) is 12.5. The van der Waals surface area contributed by atoms with Gasteiger partial charge in [0.25, 0.3) is 0 Å². The summed E-state index contributed by atoms with van der Waals surface area (Å²) in [6, 6.07) is 76.9. The number of fused-ring (bicyclic) bond motifs is 6. The maximum Gasteiger partial charge on any atom is 0.164 e. The molecule has 12 aromatic rings. The summed E-state index contributed by atoms with van der Waals surface area (Å²) in [5, 5.41) is 4.81. The topological polar surface area (TPSA) is 48.5 Å². The number of aromatic nitrogens is 5. The second-order valence-corrected chi connectivity index (χ2v) is 18.0. The van der Waals surface area contributed by atoms with Crippen LogP contribution in [0.5, 0.6) is 0 Å². The van der Waals surface area contributed by atoms with Gasteiger partial charge in [-0.2, -0.15) is 0 Å². The number of hydrogen-bond donors (Lipinski definition) is 1. The smallest absolute Gasteiger partial charge is 0.164 e. The summed E-state index contributed by atoms with van der Waals surface area (Å²) in [4.78, 5) is 16.0. The first-order chi connectivity index (χ1) is 34.6. The van der Waals surface area contributed by atoms with Crippen LogP contribution in [-0.2, 0) is 0 Å². The zero-order valence-corrected chi connectivity index (χ0v) is 38.7.